The predicted molar refractivity (Wildman–Crippen MR) is 67.9 cm³/mol. The summed E-state index contributed by atoms with van der Waals surface area (Å²) in [7, 11) is 2.04. The Kier molecular flexibility index (Phi) is 4.16. The van der Waals surface area contributed by atoms with Crippen molar-refractivity contribution in [1.29, 1.82) is 0 Å². The second-order valence-electron chi connectivity index (χ2n) is 4.70. The molecule has 1 N–H and O–H groups in total. The third kappa shape index (κ3) is 3.54. The van der Waals surface area contributed by atoms with Crippen LogP contribution in [-0.4, -0.2) is 69.8 Å². The molecular weight excluding hydrogens is 248 g/mol. The fraction of sp³-hybridized carbons (Fsp3) is 0.583. The van der Waals surface area contributed by atoms with Crippen molar-refractivity contribution in [2.75, 3.05) is 33.2 Å². The molecule has 104 valence electrons. The lowest BCUT2D eigenvalue weighted by atomic mass is 10.3. The van der Waals surface area contributed by atoms with Gasteiger partial charge in [0.25, 0.3) is 0 Å². The lowest BCUT2D eigenvalue weighted by molar-refractivity contribution is -0.133. The summed E-state index contributed by atoms with van der Waals surface area (Å²) in [5.74, 6) is -0.954. The minimum atomic E-state index is -1.05. The molecule has 0 atom stereocenters. The van der Waals surface area contributed by atoms with E-state index in [2.05, 4.69) is 10.00 Å². The highest BCUT2D eigenvalue weighted by atomic mass is 16.4. The number of aromatic nitrogens is 2. The third-order valence-corrected chi connectivity index (χ3v) is 3.27. The van der Waals surface area contributed by atoms with E-state index in [1.165, 1.54) is 10.7 Å². The monoisotopic (exact) mass is 266 g/mol. The molecule has 1 aromatic rings. The number of rotatable bonds is 4. The molecule has 0 radical (unpaired) electrons. The first-order valence-electron chi connectivity index (χ1n) is 6.29. The summed E-state index contributed by atoms with van der Waals surface area (Å²) >= 11 is 0. The summed E-state index contributed by atoms with van der Waals surface area (Å²) in [6.07, 6.45) is 1.94. The number of likely N-dealkylation sites (N-methyl/N-ethyl adjacent to an activating group) is 1. The van der Waals surface area contributed by atoms with E-state index in [1.807, 2.05) is 11.9 Å². The number of piperazine rings is 1. The Morgan fingerprint density at radius 2 is 2.00 bits per heavy atom. The highest BCUT2D eigenvalue weighted by Gasteiger charge is 2.18. The molecule has 1 saturated heterocycles. The number of hydrogen-bond acceptors (Lipinski definition) is 4. The molecule has 7 heteroatoms. The standard InChI is InChI=1S/C12H18N4O3/c1-14-6-8-15(9-7-14)11(17)3-5-16-4-2-10(13-16)12(18)19/h2,4H,3,5-9H2,1H3,(H,18,19). The number of carbonyl (C=O) groups is 2. The molecule has 0 aliphatic carbocycles. The maximum atomic E-state index is 12.0. The van der Waals surface area contributed by atoms with Crippen LogP contribution in [0, 0.1) is 0 Å². The van der Waals surface area contributed by atoms with E-state index in [1.54, 1.807) is 6.20 Å². The van der Waals surface area contributed by atoms with E-state index in [-0.39, 0.29) is 11.6 Å². The molecule has 1 fully saturated rings. The Bertz CT molecular complexity index is 463. The SMILES string of the molecule is CN1CCN(C(=O)CCn2ccc(C(=O)O)n2)CC1. The van der Waals surface area contributed by atoms with Gasteiger partial charge in [-0.05, 0) is 13.1 Å². The molecule has 7 nitrogen and oxygen atoms in total. The quantitative estimate of drug-likeness (QED) is 0.812. The molecule has 19 heavy (non-hydrogen) atoms. The summed E-state index contributed by atoms with van der Waals surface area (Å²) in [5.41, 5.74) is 0.00652. The first-order valence-corrected chi connectivity index (χ1v) is 6.29. The van der Waals surface area contributed by atoms with Gasteiger partial charge in [0.2, 0.25) is 5.91 Å². The molecule has 0 spiro atoms. The number of carboxylic acids is 1. The van der Waals surface area contributed by atoms with Crippen LogP contribution in [0.4, 0.5) is 0 Å². The molecule has 2 rings (SSSR count). The topological polar surface area (TPSA) is 78.7 Å². The average molecular weight is 266 g/mol. The Morgan fingerprint density at radius 3 is 2.58 bits per heavy atom. The zero-order valence-corrected chi connectivity index (χ0v) is 10.9. The van der Waals surface area contributed by atoms with Gasteiger partial charge in [-0.1, -0.05) is 0 Å². The largest absolute Gasteiger partial charge is 0.476 e. The number of amides is 1. The first kappa shape index (κ1) is 13.5. The summed E-state index contributed by atoms with van der Waals surface area (Å²) < 4.78 is 1.50. The van der Waals surface area contributed by atoms with Gasteiger partial charge in [0, 0.05) is 45.3 Å². The lowest BCUT2D eigenvalue weighted by Gasteiger charge is -2.32. The van der Waals surface area contributed by atoms with Crippen LogP contribution < -0.4 is 0 Å². The molecule has 1 aliphatic rings. The number of carbonyl (C=O) groups excluding carboxylic acids is 1. The van der Waals surface area contributed by atoms with Crippen molar-refractivity contribution in [1.82, 2.24) is 19.6 Å². The molecule has 2 heterocycles. The van der Waals surface area contributed by atoms with Crippen molar-refractivity contribution in [2.24, 2.45) is 0 Å². The predicted octanol–water partition coefficient (Wildman–Crippen LogP) is -0.255. The summed E-state index contributed by atoms with van der Waals surface area (Å²) in [5, 5.41) is 12.6. The van der Waals surface area contributed by atoms with Gasteiger partial charge < -0.3 is 14.9 Å². The number of carboxylic acid groups (broad SMARTS) is 1. The maximum Gasteiger partial charge on any atom is 0.356 e. The van der Waals surface area contributed by atoms with Gasteiger partial charge >= 0.3 is 5.97 Å². The molecule has 0 unspecified atom stereocenters. The normalized spacial score (nSPS) is 16.6. The Morgan fingerprint density at radius 1 is 1.32 bits per heavy atom. The highest BCUT2D eigenvalue weighted by molar-refractivity contribution is 5.85. The van der Waals surface area contributed by atoms with Crippen molar-refractivity contribution >= 4 is 11.9 Å². The van der Waals surface area contributed by atoms with E-state index < -0.39 is 5.97 Å². The van der Waals surface area contributed by atoms with Gasteiger partial charge in [-0.3, -0.25) is 9.48 Å². The van der Waals surface area contributed by atoms with Crippen LogP contribution in [0.1, 0.15) is 16.9 Å². The third-order valence-electron chi connectivity index (χ3n) is 3.27. The second-order valence-corrected chi connectivity index (χ2v) is 4.70. The fourth-order valence-electron chi connectivity index (χ4n) is 2.02. The van der Waals surface area contributed by atoms with Crippen molar-refractivity contribution < 1.29 is 14.7 Å². The second kappa shape index (κ2) is 5.83. The van der Waals surface area contributed by atoms with E-state index >= 15 is 0 Å². The van der Waals surface area contributed by atoms with Crippen LogP contribution in [0.2, 0.25) is 0 Å². The van der Waals surface area contributed by atoms with Crippen LogP contribution in [0.5, 0.6) is 0 Å². The molecule has 1 amide bonds. The Balaban J connectivity index is 1.81. The van der Waals surface area contributed by atoms with Crippen LogP contribution >= 0.6 is 0 Å². The van der Waals surface area contributed by atoms with E-state index in [0.717, 1.165) is 26.2 Å². The summed E-state index contributed by atoms with van der Waals surface area (Å²) in [6.45, 7) is 3.73. The molecule has 0 aromatic carbocycles. The van der Waals surface area contributed by atoms with E-state index in [4.69, 9.17) is 5.11 Å². The number of hydrogen-bond donors (Lipinski definition) is 1. The number of aromatic carboxylic acids is 1. The maximum absolute atomic E-state index is 12.0. The number of aryl methyl sites for hydroxylation is 1. The smallest absolute Gasteiger partial charge is 0.356 e. The minimum absolute atomic E-state index is 0.00652. The number of nitrogens with zero attached hydrogens (tertiary/aromatic N) is 4. The van der Waals surface area contributed by atoms with E-state index in [9.17, 15) is 9.59 Å². The van der Waals surface area contributed by atoms with Crippen molar-refractivity contribution in [2.45, 2.75) is 13.0 Å². The zero-order chi connectivity index (χ0) is 13.8. The Labute approximate surface area is 111 Å². The average Bonchev–Trinajstić information content (AvgIpc) is 2.86. The van der Waals surface area contributed by atoms with Gasteiger partial charge in [0.1, 0.15) is 0 Å². The summed E-state index contributed by atoms with van der Waals surface area (Å²) in [4.78, 5) is 26.7. The fourth-order valence-corrected chi connectivity index (χ4v) is 2.02. The van der Waals surface area contributed by atoms with Crippen molar-refractivity contribution in [3.05, 3.63) is 18.0 Å². The molecule has 0 saturated carbocycles. The first-order chi connectivity index (χ1) is 9.06. The minimum Gasteiger partial charge on any atom is -0.476 e. The van der Waals surface area contributed by atoms with Crippen LogP contribution in [-0.2, 0) is 11.3 Å². The van der Waals surface area contributed by atoms with Gasteiger partial charge in [0.05, 0.1) is 0 Å². The van der Waals surface area contributed by atoms with E-state index in [0.29, 0.717) is 13.0 Å². The van der Waals surface area contributed by atoms with Crippen molar-refractivity contribution in [3.63, 3.8) is 0 Å². The Hall–Kier alpha value is -1.89. The summed E-state index contributed by atoms with van der Waals surface area (Å²) in [6, 6.07) is 1.43. The van der Waals surface area contributed by atoms with Crippen LogP contribution in [0.3, 0.4) is 0 Å². The highest BCUT2D eigenvalue weighted by Crippen LogP contribution is 2.03. The molecule has 1 aromatic heterocycles. The molecule has 0 bridgehead atoms. The van der Waals surface area contributed by atoms with Gasteiger partial charge in [-0.15, -0.1) is 0 Å². The van der Waals surface area contributed by atoms with Crippen LogP contribution in [0.15, 0.2) is 12.3 Å². The lowest BCUT2D eigenvalue weighted by Crippen LogP contribution is -2.47. The van der Waals surface area contributed by atoms with Crippen LogP contribution in [0.25, 0.3) is 0 Å². The molecular formula is C12H18N4O3. The van der Waals surface area contributed by atoms with Gasteiger partial charge in [-0.25, -0.2) is 4.79 Å². The van der Waals surface area contributed by atoms with Crippen molar-refractivity contribution in [3.8, 4) is 0 Å². The molecule has 1 aliphatic heterocycles. The zero-order valence-electron chi connectivity index (χ0n) is 10.9. The van der Waals surface area contributed by atoms with Gasteiger partial charge in [0.15, 0.2) is 5.69 Å². The van der Waals surface area contributed by atoms with Gasteiger partial charge in [-0.2, -0.15) is 5.10 Å².